The number of amides is 1. The predicted octanol–water partition coefficient (Wildman–Crippen LogP) is 4.54. The SMILES string of the molecule is COc1ccc([C@@H]2C[C@@H](C(F)(F)F)n3ncc(C(=O)Nc4ccc5c(c4)OCO5)c3N2)cc1OC. The van der Waals surface area contributed by atoms with Gasteiger partial charge in [-0.1, -0.05) is 6.07 Å². The van der Waals surface area contributed by atoms with E-state index in [-0.39, 0.29) is 24.6 Å². The van der Waals surface area contributed by atoms with E-state index >= 15 is 0 Å². The molecule has 2 aliphatic rings. The largest absolute Gasteiger partial charge is 0.493 e. The smallest absolute Gasteiger partial charge is 0.410 e. The zero-order chi connectivity index (χ0) is 24.7. The van der Waals surface area contributed by atoms with Gasteiger partial charge in [-0.2, -0.15) is 18.3 Å². The van der Waals surface area contributed by atoms with Gasteiger partial charge in [0.25, 0.3) is 5.91 Å². The Bertz CT molecular complexity index is 1280. The van der Waals surface area contributed by atoms with E-state index in [9.17, 15) is 18.0 Å². The van der Waals surface area contributed by atoms with E-state index in [0.717, 1.165) is 10.9 Å². The first-order valence-corrected chi connectivity index (χ1v) is 10.6. The summed E-state index contributed by atoms with van der Waals surface area (Å²) in [5, 5.41) is 9.64. The summed E-state index contributed by atoms with van der Waals surface area (Å²) in [6, 6.07) is 7.03. The Labute approximate surface area is 197 Å². The van der Waals surface area contributed by atoms with Crippen molar-refractivity contribution in [2.45, 2.75) is 24.7 Å². The number of hydrogen-bond donors (Lipinski definition) is 2. The van der Waals surface area contributed by atoms with Crippen molar-refractivity contribution >= 4 is 17.4 Å². The van der Waals surface area contributed by atoms with Crippen molar-refractivity contribution in [2.24, 2.45) is 0 Å². The van der Waals surface area contributed by atoms with Crippen molar-refractivity contribution < 1.29 is 36.9 Å². The van der Waals surface area contributed by atoms with Crippen LogP contribution in [0.15, 0.2) is 42.6 Å². The van der Waals surface area contributed by atoms with Gasteiger partial charge in [0.15, 0.2) is 29.0 Å². The highest BCUT2D eigenvalue weighted by Gasteiger charge is 2.47. The predicted molar refractivity (Wildman–Crippen MR) is 118 cm³/mol. The van der Waals surface area contributed by atoms with Crippen molar-refractivity contribution in [2.75, 3.05) is 31.6 Å². The van der Waals surface area contributed by atoms with Crippen LogP contribution in [0.1, 0.15) is 34.4 Å². The first-order chi connectivity index (χ1) is 16.8. The van der Waals surface area contributed by atoms with E-state index in [1.807, 2.05) is 0 Å². The molecule has 184 valence electrons. The monoisotopic (exact) mass is 490 g/mol. The van der Waals surface area contributed by atoms with Gasteiger partial charge in [0, 0.05) is 18.2 Å². The summed E-state index contributed by atoms with van der Waals surface area (Å²) in [6.07, 6.45) is -3.78. The third-order valence-electron chi connectivity index (χ3n) is 5.92. The fraction of sp³-hybridized carbons (Fsp3) is 0.304. The lowest BCUT2D eigenvalue weighted by molar-refractivity contribution is -0.173. The second-order valence-corrected chi connectivity index (χ2v) is 7.98. The molecule has 2 aliphatic heterocycles. The number of fused-ring (bicyclic) bond motifs is 2. The molecule has 2 N–H and O–H groups in total. The summed E-state index contributed by atoms with van der Waals surface area (Å²) in [5.74, 6) is 1.19. The molecule has 5 rings (SSSR count). The average molecular weight is 490 g/mol. The number of nitrogens with one attached hydrogen (secondary N) is 2. The van der Waals surface area contributed by atoms with Crippen molar-refractivity contribution in [3.63, 3.8) is 0 Å². The second kappa shape index (κ2) is 8.60. The minimum absolute atomic E-state index is 0.0258. The number of methoxy groups -OCH3 is 2. The number of carbonyl (C=O) groups excluding carboxylic acids is 1. The minimum Gasteiger partial charge on any atom is -0.493 e. The molecule has 3 aromatic rings. The third kappa shape index (κ3) is 4.15. The molecule has 0 radical (unpaired) electrons. The maximum Gasteiger partial charge on any atom is 0.410 e. The fourth-order valence-corrected chi connectivity index (χ4v) is 4.19. The van der Waals surface area contributed by atoms with Gasteiger partial charge in [0.1, 0.15) is 11.4 Å². The number of benzene rings is 2. The molecule has 0 spiro atoms. The van der Waals surface area contributed by atoms with E-state index in [4.69, 9.17) is 18.9 Å². The lowest BCUT2D eigenvalue weighted by Gasteiger charge is -2.34. The Morgan fingerprint density at radius 1 is 1.11 bits per heavy atom. The minimum atomic E-state index is -4.58. The summed E-state index contributed by atoms with van der Waals surface area (Å²) in [4.78, 5) is 13.0. The molecule has 0 bridgehead atoms. The van der Waals surface area contributed by atoms with Gasteiger partial charge in [0.2, 0.25) is 6.79 Å². The normalized spacial score (nSPS) is 18.4. The van der Waals surface area contributed by atoms with Crippen molar-refractivity contribution in [3.8, 4) is 23.0 Å². The average Bonchev–Trinajstić information content (AvgIpc) is 3.48. The molecular weight excluding hydrogens is 469 g/mol. The van der Waals surface area contributed by atoms with E-state index in [1.54, 1.807) is 36.4 Å². The van der Waals surface area contributed by atoms with Crippen LogP contribution in [0.5, 0.6) is 23.0 Å². The number of ether oxygens (including phenoxy) is 4. The maximum absolute atomic E-state index is 14.0. The summed E-state index contributed by atoms with van der Waals surface area (Å²) < 4.78 is 63.9. The Morgan fingerprint density at radius 2 is 1.89 bits per heavy atom. The van der Waals surface area contributed by atoms with Crippen LogP contribution in [0, 0.1) is 0 Å². The van der Waals surface area contributed by atoms with Gasteiger partial charge >= 0.3 is 6.18 Å². The number of carbonyl (C=O) groups is 1. The molecule has 9 nitrogen and oxygen atoms in total. The van der Waals surface area contributed by atoms with Crippen molar-refractivity contribution in [1.29, 1.82) is 0 Å². The summed E-state index contributed by atoms with van der Waals surface area (Å²) >= 11 is 0. The van der Waals surface area contributed by atoms with Crippen LogP contribution in [0.25, 0.3) is 0 Å². The highest BCUT2D eigenvalue weighted by atomic mass is 19.4. The summed E-state index contributed by atoms with van der Waals surface area (Å²) in [6.45, 7) is 0.0734. The van der Waals surface area contributed by atoms with Gasteiger partial charge in [-0.3, -0.25) is 4.79 Å². The van der Waals surface area contributed by atoms with Gasteiger partial charge in [0.05, 0.1) is 26.5 Å². The van der Waals surface area contributed by atoms with Crippen LogP contribution in [-0.4, -0.2) is 42.9 Å². The number of aromatic nitrogens is 2. The lowest BCUT2D eigenvalue weighted by Crippen LogP contribution is -2.36. The molecule has 0 unspecified atom stereocenters. The standard InChI is InChI=1S/C23H21F3N4O5/c1-32-16-5-3-12(7-18(16)33-2)15-9-20(23(24,25)26)30-21(29-15)14(10-27-30)22(31)28-13-4-6-17-19(8-13)35-11-34-17/h3-8,10,15,20,29H,9,11H2,1-2H3,(H,28,31)/t15-,20-/m0/s1. The number of halogens is 3. The lowest BCUT2D eigenvalue weighted by atomic mass is 9.96. The summed E-state index contributed by atoms with van der Waals surface area (Å²) in [7, 11) is 2.92. The summed E-state index contributed by atoms with van der Waals surface area (Å²) in [5.41, 5.74) is 0.924. The maximum atomic E-state index is 14.0. The van der Waals surface area contributed by atoms with Crippen LogP contribution < -0.4 is 29.6 Å². The van der Waals surface area contributed by atoms with Crippen LogP contribution in [0.4, 0.5) is 24.7 Å². The molecule has 12 heteroatoms. The third-order valence-corrected chi connectivity index (χ3v) is 5.92. The number of rotatable bonds is 5. The van der Waals surface area contributed by atoms with E-state index in [0.29, 0.717) is 34.2 Å². The van der Waals surface area contributed by atoms with Crippen LogP contribution >= 0.6 is 0 Å². The second-order valence-electron chi connectivity index (χ2n) is 7.98. The molecule has 1 amide bonds. The zero-order valence-electron chi connectivity index (χ0n) is 18.7. The Kier molecular flexibility index (Phi) is 5.58. The zero-order valence-corrected chi connectivity index (χ0v) is 18.7. The highest BCUT2D eigenvalue weighted by molar-refractivity contribution is 6.07. The topological polar surface area (TPSA) is 95.9 Å². The van der Waals surface area contributed by atoms with Crippen LogP contribution in [0.2, 0.25) is 0 Å². The van der Waals surface area contributed by atoms with Crippen LogP contribution in [-0.2, 0) is 0 Å². The quantitative estimate of drug-likeness (QED) is 0.542. The molecule has 0 saturated carbocycles. The molecule has 2 aromatic carbocycles. The first kappa shape index (κ1) is 22.7. The number of hydrogen-bond acceptors (Lipinski definition) is 7. The fourth-order valence-electron chi connectivity index (χ4n) is 4.19. The molecule has 1 aromatic heterocycles. The Hall–Kier alpha value is -4.09. The van der Waals surface area contributed by atoms with Crippen molar-refractivity contribution in [3.05, 3.63) is 53.7 Å². The van der Waals surface area contributed by atoms with Gasteiger partial charge in [-0.05, 0) is 29.8 Å². The molecule has 0 fully saturated rings. The van der Waals surface area contributed by atoms with E-state index in [2.05, 4.69) is 15.7 Å². The van der Waals surface area contributed by atoms with Gasteiger partial charge < -0.3 is 29.6 Å². The molecule has 35 heavy (non-hydrogen) atoms. The van der Waals surface area contributed by atoms with Gasteiger partial charge in [-0.25, -0.2) is 4.68 Å². The number of alkyl halides is 3. The van der Waals surface area contributed by atoms with Crippen LogP contribution in [0.3, 0.4) is 0 Å². The molecule has 3 heterocycles. The van der Waals surface area contributed by atoms with Crippen molar-refractivity contribution in [1.82, 2.24) is 9.78 Å². The number of anilines is 2. The number of nitrogens with zero attached hydrogens (tertiary/aromatic N) is 2. The van der Waals surface area contributed by atoms with Gasteiger partial charge in [-0.15, -0.1) is 0 Å². The Balaban J connectivity index is 1.47. The molecule has 2 atom stereocenters. The molecule has 0 saturated heterocycles. The molecule has 0 aliphatic carbocycles. The highest BCUT2D eigenvalue weighted by Crippen LogP contribution is 2.45. The van der Waals surface area contributed by atoms with E-state index in [1.165, 1.54) is 14.2 Å². The van der Waals surface area contributed by atoms with E-state index < -0.39 is 24.2 Å². The molecular formula is C23H21F3N4O5. The first-order valence-electron chi connectivity index (χ1n) is 10.6. The Morgan fingerprint density at radius 3 is 2.63 bits per heavy atom.